The minimum atomic E-state index is 0.748. The van der Waals surface area contributed by atoms with Crippen LogP contribution in [0.5, 0.6) is 11.5 Å². The standard InChI is InChI=1S/C54H42N4O/c1-31-12-9-13-32(2)50(31)37-20-23-43-41-25-22-39(28-45(41)54-56-30-49(58(54)47(43)26-37)52-35(5)16-11-17-36(52)6)59-38-21-24-40-42-18-7-8-19-46(42)57-48(29-55-53(57)44(40)27-38)51-33(3)14-10-15-34(51)4/h7-30H,1-6H3. The van der Waals surface area contributed by atoms with Gasteiger partial charge >= 0.3 is 0 Å². The van der Waals surface area contributed by atoms with Crippen LogP contribution < -0.4 is 4.74 Å². The van der Waals surface area contributed by atoms with Crippen molar-refractivity contribution in [2.24, 2.45) is 0 Å². The fourth-order valence-corrected chi connectivity index (χ4v) is 9.78. The van der Waals surface area contributed by atoms with Crippen LogP contribution in [0.25, 0.3) is 88.3 Å². The maximum Gasteiger partial charge on any atom is 0.145 e. The monoisotopic (exact) mass is 762 g/mol. The molecule has 4 heterocycles. The first-order valence-electron chi connectivity index (χ1n) is 20.3. The van der Waals surface area contributed by atoms with Crippen molar-refractivity contribution in [3.8, 4) is 45.1 Å². The fourth-order valence-electron chi connectivity index (χ4n) is 9.78. The van der Waals surface area contributed by atoms with E-state index in [-0.39, 0.29) is 0 Å². The number of hydrogen-bond acceptors (Lipinski definition) is 3. The maximum absolute atomic E-state index is 6.81. The van der Waals surface area contributed by atoms with E-state index in [0.717, 1.165) is 66.8 Å². The number of imidazole rings is 2. The van der Waals surface area contributed by atoms with Gasteiger partial charge in [0.25, 0.3) is 0 Å². The number of aromatic nitrogens is 4. The first-order chi connectivity index (χ1) is 28.7. The van der Waals surface area contributed by atoms with E-state index >= 15 is 0 Å². The zero-order chi connectivity index (χ0) is 40.1. The molecule has 0 saturated heterocycles. The molecule has 0 aliphatic rings. The van der Waals surface area contributed by atoms with E-state index in [4.69, 9.17) is 14.7 Å². The van der Waals surface area contributed by atoms with E-state index in [1.165, 1.54) is 66.4 Å². The van der Waals surface area contributed by atoms with Crippen molar-refractivity contribution in [2.75, 3.05) is 0 Å². The molecule has 11 rings (SSSR count). The minimum absolute atomic E-state index is 0.748. The summed E-state index contributed by atoms with van der Waals surface area (Å²) in [5.74, 6) is 1.50. The molecule has 0 aliphatic heterocycles. The van der Waals surface area contributed by atoms with E-state index < -0.39 is 0 Å². The summed E-state index contributed by atoms with van der Waals surface area (Å²) in [6.45, 7) is 13.1. The van der Waals surface area contributed by atoms with Crippen molar-refractivity contribution in [2.45, 2.75) is 41.5 Å². The van der Waals surface area contributed by atoms with E-state index in [1.54, 1.807) is 0 Å². The average Bonchev–Trinajstić information content (AvgIpc) is 3.87. The number of para-hydroxylation sites is 1. The van der Waals surface area contributed by atoms with Gasteiger partial charge in [0.2, 0.25) is 0 Å². The second-order valence-corrected chi connectivity index (χ2v) is 16.2. The molecule has 7 aromatic carbocycles. The lowest BCUT2D eigenvalue weighted by molar-refractivity contribution is 0.484. The first kappa shape index (κ1) is 35.0. The third-order valence-corrected chi connectivity index (χ3v) is 12.4. The average molecular weight is 763 g/mol. The van der Waals surface area contributed by atoms with Gasteiger partial charge in [-0.1, -0.05) is 84.9 Å². The van der Waals surface area contributed by atoms with Gasteiger partial charge in [-0.15, -0.1) is 0 Å². The molecule has 11 aromatic rings. The number of hydrogen-bond donors (Lipinski definition) is 0. The highest BCUT2D eigenvalue weighted by atomic mass is 16.5. The van der Waals surface area contributed by atoms with Gasteiger partial charge in [0.1, 0.15) is 22.8 Å². The van der Waals surface area contributed by atoms with Crippen molar-refractivity contribution in [1.82, 2.24) is 18.8 Å². The van der Waals surface area contributed by atoms with Gasteiger partial charge < -0.3 is 4.74 Å². The molecule has 284 valence electrons. The summed E-state index contributed by atoms with van der Waals surface area (Å²) in [6, 6.07) is 47.8. The molecule has 0 spiro atoms. The normalized spacial score (nSPS) is 11.9. The highest BCUT2D eigenvalue weighted by molar-refractivity contribution is 6.14. The van der Waals surface area contributed by atoms with E-state index in [0.29, 0.717) is 0 Å². The Hall–Kier alpha value is -7.24. The predicted molar refractivity (Wildman–Crippen MR) is 245 cm³/mol. The Morgan fingerprint density at radius 2 is 0.814 bits per heavy atom. The van der Waals surface area contributed by atoms with Crippen LogP contribution in [-0.4, -0.2) is 18.8 Å². The van der Waals surface area contributed by atoms with Crippen LogP contribution in [0.15, 0.2) is 146 Å². The van der Waals surface area contributed by atoms with E-state index in [2.05, 4.69) is 184 Å². The quantitative estimate of drug-likeness (QED) is 0.164. The number of aryl methyl sites for hydroxylation is 6. The summed E-state index contributed by atoms with van der Waals surface area (Å²) in [5.41, 5.74) is 18.6. The summed E-state index contributed by atoms with van der Waals surface area (Å²) < 4.78 is 11.5. The predicted octanol–water partition coefficient (Wildman–Crippen LogP) is 14.2. The molecule has 5 heteroatoms. The lowest BCUT2D eigenvalue weighted by Gasteiger charge is -2.17. The Kier molecular flexibility index (Phi) is 7.79. The molecule has 59 heavy (non-hydrogen) atoms. The molecule has 0 fully saturated rings. The van der Waals surface area contributed by atoms with Crippen LogP contribution in [0.1, 0.15) is 33.4 Å². The van der Waals surface area contributed by atoms with E-state index in [9.17, 15) is 0 Å². The summed E-state index contributed by atoms with van der Waals surface area (Å²) >= 11 is 0. The molecular weight excluding hydrogens is 721 g/mol. The SMILES string of the molecule is Cc1cccc(C)c1-c1ccc2c3ccc(Oc4ccc5c6ccccc6n6c(-c7c(C)cccc7C)cnc6c5c4)cc3c3ncc(-c4c(C)cccc4C)n3c2c1. The summed E-state index contributed by atoms with van der Waals surface area (Å²) in [5, 5.41) is 6.69. The zero-order valence-electron chi connectivity index (χ0n) is 34.1. The van der Waals surface area contributed by atoms with Crippen molar-refractivity contribution in [3.63, 3.8) is 0 Å². The number of nitrogens with zero attached hydrogens (tertiary/aromatic N) is 4. The maximum atomic E-state index is 6.81. The Labute approximate surface area is 342 Å². The smallest absolute Gasteiger partial charge is 0.145 e. The van der Waals surface area contributed by atoms with Crippen LogP contribution in [0.2, 0.25) is 0 Å². The van der Waals surface area contributed by atoms with Crippen LogP contribution >= 0.6 is 0 Å². The Morgan fingerprint density at radius 3 is 1.34 bits per heavy atom. The van der Waals surface area contributed by atoms with Gasteiger partial charge in [0.15, 0.2) is 0 Å². The third-order valence-electron chi connectivity index (χ3n) is 12.4. The number of fused-ring (bicyclic) bond motifs is 12. The van der Waals surface area contributed by atoms with Crippen molar-refractivity contribution >= 4 is 54.6 Å². The first-order valence-corrected chi connectivity index (χ1v) is 20.3. The number of benzene rings is 7. The number of pyridine rings is 2. The summed E-state index contributed by atoms with van der Waals surface area (Å²) in [7, 11) is 0. The van der Waals surface area contributed by atoms with Crippen molar-refractivity contribution < 1.29 is 4.74 Å². The lowest BCUT2D eigenvalue weighted by Crippen LogP contribution is -1.98. The largest absolute Gasteiger partial charge is 0.457 e. The summed E-state index contributed by atoms with van der Waals surface area (Å²) in [6.07, 6.45) is 4.06. The molecule has 5 nitrogen and oxygen atoms in total. The molecular formula is C54H42N4O. The molecule has 0 unspecified atom stereocenters. The summed E-state index contributed by atoms with van der Waals surface area (Å²) in [4.78, 5) is 10.3. The molecule has 0 radical (unpaired) electrons. The Morgan fingerprint density at radius 1 is 0.373 bits per heavy atom. The highest BCUT2D eigenvalue weighted by Crippen LogP contribution is 2.41. The van der Waals surface area contributed by atoms with Gasteiger partial charge in [-0.2, -0.15) is 0 Å². The van der Waals surface area contributed by atoms with E-state index in [1.807, 2.05) is 12.4 Å². The van der Waals surface area contributed by atoms with Gasteiger partial charge in [-0.25, -0.2) is 9.97 Å². The van der Waals surface area contributed by atoms with Crippen molar-refractivity contribution in [3.05, 3.63) is 179 Å². The van der Waals surface area contributed by atoms with Gasteiger partial charge in [-0.05, 0) is 145 Å². The second kappa shape index (κ2) is 13.2. The molecule has 0 amide bonds. The number of rotatable bonds is 5. The van der Waals surface area contributed by atoms with Crippen molar-refractivity contribution in [1.29, 1.82) is 0 Å². The molecule has 0 bridgehead atoms. The van der Waals surface area contributed by atoms with Gasteiger partial charge in [0, 0.05) is 32.7 Å². The van der Waals surface area contributed by atoms with Crippen LogP contribution in [-0.2, 0) is 0 Å². The lowest BCUT2D eigenvalue weighted by atomic mass is 9.94. The van der Waals surface area contributed by atoms with Crippen LogP contribution in [0, 0.1) is 41.5 Å². The Bertz CT molecular complexity index is 3490. The van der Waals surface area contributed by atoms with Gasteiger partial charge in [-0.3, -0.25) is 8.80 Å². The second-order valence-electron chi connectivity index (χ2n) is 16.2. The van der Waals surface area contributed by atoms with Crippen LogP contribution in [0.4, 0.5) is 0 Å². The molecule has 0 N–H and O–H groups in total. The minimum Gasteiger partial charge on any atom is -0.457 e. The van der Waals surface area contributed by atoms with Crippen LogP contribution in [0.3, 0.4) is 0 Å². The molecule has 0 atom stereocenters. The molecule has 0 saturated carbocycles. The molecule has 4 aromatic heterocycles. The molecule has 0 aliphatic carbocycles. The fraction of sp³-hybridized carbons (Fsp3) is 0.111. The van der Waals surface area contributed by atoms with Gasteiger partial charge in [0.05, 0.1) is 34.8 Å². The number of ether oxygens (including phenoxy) is 1. The third kappa shape index (κ3) is 5.31. The highest BCUT2D eigenvalue weighted by Gasteiger charge is 2.20. The Balaban J connectivity index is 1.10. The zero-order valence-corrected chi connectivity index (χ0v) is 34.1. The topological polar surface area (TPSA) is 43.8 Å².